The Labute approximate surface area is 144 Å². The summed E-state index contributed by atoms with van der Waals surface area (Å²) in [5.74, 6) is 0.266. The number of nitrogens with one attached hydrogen (secondary N) is 1. The lowest BCUT2D eigenvalue weighted by Crippen LogP contribution is -2.30. The molecule has 3 rings (SSSR count). The first kappa shape index (κ1) is 17.1. The predicted molar refractivity (Wildman–Crippen MR) is 88.5 cm³/mol. The Morgan fingerprint density at radius 1 is 1.28 bits per heavy atom. The molecule has 0 fully saturated rings. The van der Waals surface area contributed by atoms with Gasteiger partial charge in [-0.15, -0.1) is 0 Å². The maximum atomic E-state index is 13.3. The third-order valence-corrected chi connectivity index (χ3v) is 3.88. The van der Waals surface area contributed by atoms with Crippen LogP contribution in [0.25, 0.3) is 0 Å². The number of allylic oxidation sites excluding steroid dienone is 1. The summed E-state index contributed by atoms with van der Waals surface area (Å²) in [6, 6.07) is 5.41. The van der Waals surface area contributed by atoms with Crippen LogP contribution in [0.2, 0.25) is 0 Å². The van der Waals surface area contributed by atoms with E-state index in [1.54, 1.807) is 30.7 Å². The van der Waals surface area contributed by atoms with Gasteiger partial charge in [-0.05, 0) is 31.5 Å². The molecular weight excluding hydrogens is 327 g/mol. The first-order valence-electron chi connectivity index (χ1n) is 7.83. The zero-order valence-corrected chi connectivity index (χ0v) is 14.2. The number of fused-ring (bicyclic) bond motifs is 1. The summed E-state index contributed by atoms with van der Waals surface area (Å²) >= 11 is 0. The number of hydrogen-bond donors (Lipinski definition) is 1. The molecule has 1 aliphatic rings. The van der Waals surface area contributed by atoms with E-state index in [-0.39, 0.29) is 12.4 Å². The first-order chi connectivity index (χ1) is 12.0. The number of carbonyl (C=O) groups is 1. The number of hydrogen-bond acceptors (Lipinski definition) is 6. The van der Waals surface area contributed by atoms with Gasteiger partial charge in [-0.3, -0.25) is 0 Å². The van der Waals surface area contributed by atoms with E-state index in [4.69, 9.17) is 9.47 Å². The molecule has 0 saturated carbocycles. The highest BCUT2D eigenvalue weighted by molar-refractivity contribution is 5.92. The van der Waals surface area contributed by atoms with Crippen molar-refractivity contribution in [2.75, 3.05) is 25.6 Å². The van der Waals surface area contributed by atoms with Gasteiger partial charge in [0.1, 0.15) is 24.3 Å². The van der Waals surface area contributed by atoms with E-state index in [2.05, 4.69) is 15.4 Å². The van der Waals surface area contributed by atoms with Gasteiger partial charge in [-0.1, -0.05) is 12.1 Å². The average Bonchev–Trinajstić information content (AvgIpc) is 2.94. The van der Waals surface area contributed by atoms with Gasteiger partial charge in [0.15, 0.2) is 0 Å². The number of nitrogens with zero attached hydrogens (tertiary/aromatic N) is 3. The second-order valence-corrected chi connectivity index (χ2v) is 5.67. The summed E-state index contributed by atoms with van der Waals surface area (Å²) in [6.07, 6.45) is 0. The number of methoxy groups -OCH3 is 1. The Hall–Kier alpha value is -2.74. The fraction of sp³-hybridized carbons (Fsp3) is 0.353. The van der Waals surface area contributed by atoms with E-state index in [1.165, 1.54) is 19.2 Å². The number of benzene rings is 1. The largest absolute Gasteiger partial charge is 0.460 e. The Morgan fingerprint density at radius 2 is 2.00 bits per heavy atom. The number of ether oxygens (including phenoxy) is 2. The minimum atomic E-state index is -0.548. The van der Waals surface area contributed by atoms with Gasteiger partial charge in [-0.25, -0.2) is 13.9 Å². The lowest BCUT2D eigenvalue weighted by molar-refractivity contribution is -0.140. The van der Waals surface area contributed by atoms with Crippen molar-refractivity contribution in [2.45, 2.75) is 19.9 Å². The zero-order valence-electron chi connectivity index (χ0n) is 14.2. The van der Waals surface area contributed by atoms with Crippen molar-refractivity contribution >= 4 is 11.9 Å². The zero-order chi connectivity index (χ0) is 18.0. The van der Waals surface area contributed by atoms with Crippen LogP contribution in [-0.2, 0) is 14.3 Å². The summed E-state index contributed by atoms with van der Waals surface area (Å²) in [5.41, 5.74) is 1.74. The van der Waals surface area contributed by atoms with Crippen LogP contribution < -0.4 is 5.32 Å². The standard InChI is InChI=1S/C17H19FN4O3/c1-10-14(16(23)25-9-8-24-3)15(12-4-6-13(18)7-5-12)22-17(19-10)20-11(2)21-22/h4-7,15H,8-9H2,1-3H3,(H,19,20,21)/t15-/m1/s1. The summed E-state index contributed by atoms with van der Waals surface area (Å²) in [4.78, 5) is 17.0. The molecule has 1 N–H and O–H groups in total. The molecule has 0 spiro atoms. The number of rotatable bonds is 5. The van der Waals surface area contributed by atoms with Gasteiger partial charge in [-0.2, -0.15) is 10.1 Å². The van der Waals surface area contributed by atoms with Crippen molar-refractivity contribution in [3.8, 4) is 0 Å². The minimum Gasteiger partial charge on any atom is -0.460 e. The van der Waals surface area contributed by atoms with Crippen molar-refractivity contribution in [1.82, 2.24) is 14.8 Å². The van der Waals surface area contributed by atoms with E-state index >= 15 is 0 Å². The monoisotopic (exact) mass is 346 g/mol. The summed E-state index contributed by atoms with van der Waals surface area (Å²) < 4.78 is 25.1. The van der Waals surface area contributed by atoms with Crippen molar-refractivity contribution in [1.29, 1.82) is 0 Å². The van der Waals surface area contributed by atoms with Gasteiger partial charge >= 0.3 is 5.97 Å². The third kappa shape index (κ3) is 3.39. The van der Waals surface area contributed by atoms with Crippen molar-refractivity contribution in [3.63, 3.8) is 0 Å². The molecule has 8 heteroatoms. The summed E-state index contributed by atoms with van der Waals surface area (Å²) in [5, 5.41) is 7.45. The quantitative estimate of drug-likeness (QED) is 0.661. The fourth-order valence-corrected chi connectivity index (χ4v) is 2.77. The molecule has 0 unspecified atom stereocenters. The van der Waals surface area contributed by atoms with Crippen molar-refractivity contribution in [2.24, 2.45) is 0 Å². The lowest BCUT2D eigenvalue weighted by Gasteiger charge is -2.28. The van der Waals surface area contributed by atoms with Crippen LogP contribution in [0.1, 0.15) is 24.4 Å². The molecule has 2 aromatic rings. The van der Waals surface area contributed by atoms with Crippen LogP contribution >= 0.6 is 0 Å². The highest BCUT2D eigenvalue weighted by Gasteiger charge is 2.34. The Kier molecular flexibility index (Phi) is 4.80. The summed E-state index contributed by atoms with van der Waals surface area (Å²) in [7, 11) is 1.53. The molecule has 0 radical (unpaired) electrons. The van der Waals surface area contributed by atoms with Gasteiger partial charge < -0.3 is 14.8 Å². The van der Waals surface area contributed by atoms with Crippen LogP contribution in [0, 0.1) is 12.7 Å². The molecule has 2 heterocycles. The number of esters is 1. The summed E-state index contributed by atoms with van der Waals surface area (Å²) in [6.45, 7) is 3.99. The molecule has 0 amide bonds. The predicted octanol–water partition coefficient (Wildman–Crippen LogP) is 2.20. The van der Waals surface area contributed by atoms with Crippen molar-refractivity contribution in [3.05, 3.63) is 52.7 Å². The molecule has 1 aromatic heterocycles. The average molecular weight is 346 g/mol. The van der Waals surface area contributed by atoms with E-state index in [1.807, 2.05) is 0 Å². The SMILES string of the molecule is COCCOC(=O)C1=C(C)Nc2nc(C)nn2[C@@H]1c1ccc(F)cc1. The fourth-order valence-electron chi connectivity index (χ4n) is 2.77. The Bertz CT molecular complexity index is 814. The minimum absolute atomic E-state index is 0.144. The lowest BCUT2D eigenvalue weighted by atomic mass is 9.96. The normalized spacial score (nSPS) is 16.4. The third-order valence-electron chi connectivity index (χ3n) is 3.88. The molecule has 7 nitrogen and oxygen atoms in total. The topological polar surface area (TPSA) is 78.3 Å². The molecular formula is C17H19FN4O3. The van der Waals surface area contributed by atoms with Crippen LogP contribution in [-0.4, -0.2) is 41.1 Å². The molecule has 132 valence electrons. The number of halogens is 1. The van der Waals surface area contributed by atoms with Crippen LogP contribution in [0.15, 0.2) is 35.5 Å². The van der Waals surface area contributed by atoms with Crippen LogP contribution in [0.4, 0.5) is 10.3 Å². The van der Waals surface area contributed by atoms with E-state index < -0.39 is 12.0 Å². The molecule has 0 saturated heterocycles. The molecule has 1 aliphatic heterocycles. The Morgan fingerprint density at radius 3 is 2.68 bits per heavy atom. The number of aromatic nitrogens is 3. The number of carbonyl (C=O) groups excluding carboxylic acids is 1. The first-order valence-corrected chi connectivity index (χ1v) is 7.83. The van der Waals surface area contributed by atoms with Gasteiger partial charge in [0, 0.05) is 12.8 Å². The maximum Gasteiger partial charge on any atom is 0.338 e. The highest BCUT2D eigenvalue weighted by Crippen LogP contribution is 2.35. The molecule has 1 atom stereocenters. The molecule has 0 bridgehead atoms. The highest BCUT2D eigenvalue weighted by atomic mass is 19.1. The van der Waals surface area contributed by atoms with Gasteiger partial charge in [0.05, 0.1) is 12.2 Å². The van der Waals surface area contributed by atoms with E-state index in [0.29, 0.717) is 35.2 Å². The number of anilines is 1. The second-order valence-electron chi connectivity index (χ2n) is 5.67. The molecule has 0 aliphatic carbocycles. The van der Waals surface area contributed by atoms with Crippen LogP contribution in [0.5, 0.6) is 0 Å². The van der Waals surface area contributed by atoms with E-state index in [0.717, 1.165) is 0 Å². The van der Waals surface area contributed by atoms with Crippen molar-refractivity contribution < 1.29 is 18.7 Å². The smallest absolute Gasteiger partial charge is 0.338 e. The van der Waals surface area contributed by atoms with Gasteiger partial charge in [0.25, 0.3) is 0 Å². The second kappa shape index (κ2) is 7.02. The molecule has 1 aromatic carbocycles. The number of aryl methyl sites for hydroxylation is 1. The molecule has 25 heavy (non-hydrogen) atoms. The Balaban J connectivity index is 2.03. The van der Waals surface area contributed by atoms with Crippen LogP contribution in [0.3, 0.4) is 0 Å². The maximum absolute atomic E-state index is 13.3. The van der Waals surface area contributed by atoms with Gasteiger partial charge in [0.2, 0.25) is 5.95 Å². The van der Waals surface area contributed by atoms with E-state index in [9.17, 15) is 9.18 Å².